The van der Waals surface area contributed by atoms with E-state index in [9.17, 15) is 37.5 Å². The van der Waals surface area contributed by atoms with Crippen LogP contribution >= 0.6 is 0 Å². The number of nitrogens with one attached hydrogen (secondary N) is 3. The summed E-state index contributed by atoms with van der Waals surface area (Å²) in [4.78, 5) is 103. The monoisotopic (exact) mass is 923 g/mol. The zero-order chi connectivity index (χ0) is 48.2. The second kappa shape index (κ2) is 26.5. The van der Waals surface area contributed by atoms with Crippen molar-refractivity contribution < 1.29 is 42.3 Å². The Morgan fingerprint density at radius 1 is 0.803 bits per heavy atom. The lowest BCUT2D eigenvalue weighted by atomic mass is 10.1. The van der Waals surface area contributed by atoms with E-state index in [4.69, 9.17) is 10.5 Å². The standard InChI is InChI=1S/C40H51F2N13O7.2C2H6/c1-44-29(57)10-9-25(24-56)55-36(60)26-7-6-8-28(32(26)37(55)61)45-13-4-2-3-5-14-46-30(58)11-12-31(59)52-15-17-53(18-16-52)39-49-35(27-23-47-38(43)48-33(27)34(41)42)50-40(51-39)54-19-21-62-22-20-54;2*1-2/h6-8,23-25,34,45H,2-5,9-22H2,1H3,(H,44,57)(H,46,58)(H2,43,47,48);2*1-2H3. The fourth-order valence-electron chi connectivity index (χ4n) is 7.36. The highest BCUT2D eigenvalue weighted by Gasteiger charge is 2.41. The molecular formula is C44H63F2N13O7. The first-order valence-electron chi connectivity index (χ1n) is 22.7. The van der Waals surface area contributed by atoms with E-state index in [0.29, 0.717) is 83.5 Å². The molecule has 0 bridgehead atoms. The maximum Gasteiger partial charge on any atom is 0.281 e. The maximum absolute atomic E-state index is 14.0. The predicted molar refractivity (Wildman–Crippen MR) is 244 cm³/mol. The molecule has 3 aromatic rings. The fourth-order valence-corrected chi connectivity index (χ4v) is 7.36. The van der Waals surface area contributed by atoms with Gasteiger partial charge in [0.25, 0.3) is 18.2 Å². The molecule has 2 fully saturated rings. The molecule has 0 radical (unpaired) electrons. The van der Waals surface area contributed by atoms with Gasteiger partial charge in [-0.3, -0.25) is 28.9 Å². The molecule has 2 saturated heterocycles. The molecule has 3 aliphatic rings. The summed E-state index contributed by atoms with van der Waals surface area (Å²) < 4.78 is 33.4. The number of halogens is 2. The van der Waals surface area contributed by atoms with Gasteiger partial charge in [-0.25, -0.2) is 18.7 Å². The van der Waals surface area contributed by atoms with Gasteiger partial charge in [-0.1, -0.05) is 46.6 Å². The van der Waals surface area contributed by atoms with Crippen molar-refractivity contribution >= 4 is 59.4 Å². The molecule has 6 rings (SSSR count). The van der Waals surface area contributed by atoms with Crippen LogP contribution in [0.15, 0.2) is 24.4 Å². The Morgan fingerprint density at radius 2 is 1.45 bits per heavy atom. The van der Waals surface area contributed by atoms with Crippen LogP contribution in [0, 0.1) is 0 Å². The molecule has 5 heterocycles. The van der Waals surface area contributed by atoms with Gasteiger partial charge in [0.15, 0.2) is 5.82 Å². The Bertz CT molecular complexity index is 2120. The zero-order valence-corrected chi connectivity index (χ0v) is 38.5. The van der Waals surface area contributed by atoms with Crippen LogP contribution in [-0.4, -0.2) is 149 Å². The van der Waals surface area contributed by atoms with Crippen molar-refractivity contribution in [2.45, 2.75) is 91.5 Å². The number of unbranched alkanes of at least 4 members (excludes halogenated alkanes) is 3. The first-order valence-corrected chi connectivity index (χ1v) is 22.7. The number of carbonyl (C=O) groups is 6. The molecule has 5 N–H and O–H groups in total. The number of imide groups is 1. The number of nitrogen functional groups attached to an aromatic ring is 1. The lowest BCUT2D eigenvalue weighted by molar-refractivity contribution is -0.133. The third kappa shape index (κ3) is 13.8. The number of fused-ring (bicyclic) bond motifs is 1. The van der Waals surface area contributed by atoms with Crippen LogP contribution in [0.3, 0.4) is 0 Å². The summed E-state index contributed by atoms with van der Waals surface area (Å²) in [6.07, 6.45) is 2.01. The number of aromatic nitrogens is 5. The molecule has 3 aliphatic heterocycles. The molecule has 1 atom stereocenters. The summed E-state index contributed by atoms with van der Waals surface area (Å²) in [5.74, 6) is -1.58. The lowest BCUT2D eigenvalue weighted by Gasteiger charge is -2.35. The number of aldehydes is 1. The molecule has 0 aliphatic carbocycles. The number of amides is 5. The van der Waals surface area contributed by atoms with E-state index in [2.05, 4.69) is 40.9 Å². The van der Waals surface area contributed by atoms with E-state index in [0.717, 1.165) is 30.6 Å². The van der Waals surface area contributed by atoms with Crippen LogP contribution in [0.5, 0.6) is 0 Å². The van der Waals surface area contributed by atoms with Gasteiger partial charge in [-0.15, -0.1) is 0 Å². The minimum atomic E-state index is -2.94. The Hall–Kier alpha value is -6.45. The van der Waals surface area contributed by atoms with Crippen molar-refractivity contribution in [2.24, 2.45) is 0 Å². The fraction of sp³-hybridized carbons (Fsp3) is 0.568. The molecule has 20 nitrogen and oxygen atoms in total. The third-order valence-electron chi connectivity index (χ3n) is 10.8. The molecule has 66 heavy (non-hydrogen) atoms. The van der Waals surface area contributed by atoms with E-state index in [-0.39, 0.29) is 77.8 Å². The van der Waals surface area contributed by atoms with Gasteiger partial charge in [0.2, 0.25) is 35.6 Å². The Morgan fingerprint density at radius 3 is 2.09 bits per heavy atom. The number of hydrogen-bond acceptors (Lipinski definition) is 16. The Kier molecular flexibility index (Phi) is 20.9. The SMILES string of the molecule is CC.CC.CNC(=O)CCC(C=O)N1C(=O)c2cccc(NCCCCCCNC(=O)CCC(=O)N3CCN(c4nc(-c5cnc(N)nc5C(F)F)nc(N5CCOCC5)n4)CC3)c2C1=O. The number of anilines is 4. The third-order valence-corrected chi connectivity index (χ3v) is 10.8. The summed E-state index contributed by atoms with van der Waals surface area (Å²) in [5.41, 5.74) is 5.86. The first-order chi connectivity index (χ1) is 32.0. The molecule has 1 aromatic carbocycles. The van der Waals surface area contributed by atoms with Gasteiger partial charge in [-0.05, 0) is 31.4 Å². The number of nitrogens with zero attached hydrogens (tertiary/aromatic N) is 9. The maximum atomic E-state index is 14.0. The quantitative estimate of drug-likeness (QED) is 0.0717. The summed E-state index contributed by atoms with van der Waals surface area (Å²) >= 11 is 0. The lowest BCUT2D eigenvalue weighted by Crippen LogP contribution is -2.49. The van der Waals surface area contributed by atoms with Gasteiger partial charge in [-0.2, -0.15) is 15.0 Å². The average Bonchev–Trinajstić information content (AvgIpc) is 3.61. The molecule has 5 amide bonds. The van der Waals surface area contributed by atoms with Gasteiger partial charge in [0, 0.05) is 90.6 Å². The van der Waals surface area contributed by atoms with Crippen LogP contribution < -0.4 is 31.5 Å². The van der Waals surface area contributed by atoms with Gasteiger partial charge in [0.1, 0.15) is 12.0 Å². The van der Waals surface area contributed by atoms with E-state index in [1.807, 2.05) is 37.5 Å². The second-order valence-electron chi connectivity index (χ2n) is 14.9. The van der Waals surface area contributed by atoms with Crippen molar-refractivity contribution in [2.75, 3.05) is 93.5 Å². The summed E-state index contributed by atoms with van der Waals surface area (Å²) in [6, 6.07) is 3.87. The molecule has 360 valence electrons. The molecule has 2 aromatic heterocycles. The van der Waals surface area contributed by atoms with E-state index < -0.39 is 30.0 Å². The topological polar surface area (TPSA) is 251 Å². The summed E-state index contributed by atoms with van der Waals surface area (Å²) in [7, 11) is 1.47. The summed E-state index contributed by atoms with van der Waals surface area (Å²) in [5, 5.41) is 8.57. The molecule has 22 heteroatoms. The number of rotatable bonds is 20. The largest absolute Gasteiger partial charge is 0.384 e. The highest BCUT2D eigenvalue weighted by molar-refractivity contribution is 6.24. The molecular weight excluding hydrogens is 861 g/mol. The number of piperazine rings is 1. The van der Waals surface area contributed by atoms with Crippen LogP contribution in [0.2, 0.25) is 0 Å². The highest BCUT2D eigenvalue weighted by Crippen LogP contribution is 2.32. The minimum Gasteiger partial charge on any atom is -0.384 e. The van der Waals surface area contributed by atoms with E-state index in [1.54, 1.807) is 23.1 Å². The van der Waals surface area contributed by atoms with Crippen molar-refractivity contribution in [1.82, 2.24) is 45.4 Å². The smallest absolute Gasteiger partial charge is 0.281 e. The number of alkyl halides is 2. The zero-order valence-electron chi connectivity index (χ0n) is 38.5. The molecule has 1 unspecified atom stereocenters. The van der Waals surface area contributed by atoms with E-state index >= 15 is 0 Å². The van der Waals surface area contributed by atoms with Crippen LogP contribution in [0.25, 0.3) is 11.4 Å². The number of morpholine rings is 1. The summed E-state index contributed by atoms with van der Waals surface area (Å²) in [6.45, 7) is 12.3. The molecule has 0 saturated carbocycles. The van der Waals surface area contributed by atoms with Gasteiger partial charge < -0.3 is 45.9 Å². The van der Waals surface area contributed by atoms with E-state index in [1.165, 1.54) is 13.2 Å². The number of hydrogen-bond donors (Lipinski definition) is 4. The first kappa shape index (κ1) is 52.2. The van der Waals surface area contributed by atoms with Crippen molar-refractivity contribution in [1.29, 1.82) is 0 Å². The number of carbonyl (C=O) groups excluding carboxylic acids is 6. The van der Waals surface area contributed by atoms with Gasteiger partial charge >= 0.3 is 0 Å². The Labute approximate surface area is 383 Å². The second-order valence-corrected chi connectivity index (χ2v) is 14.9. The van der Waals surface area contributed by atoms with Crippen LogP contribution in [0.4, 0.5) is 32.3 Å². The molecule has 0 spiro atoms. The average molecular weight is 924 g/mol. The Balaban J connectivity index is 0.00000232. The highest BCUT2D eigenvalue weighted by atomic mass is 19.3. The minimum absolute atomic E-state index is 0.00488. The van der Waals surface area contributed by atoms with Crippen LogP contribution in [0.1, 0.15) is 112 Å². The van der Waals surface area contributed by atoms with Crippen molar-refractivity contribution in [3.8, 4) is 11.4 Å². The van der Waals surface area contributed by atoms with Gasteiger partial charge in [0.05, 0.1) is 35.9 Å². The number of ether oxygens (including phenoxy) is 1. The predicted octanol–water partition coefficient (Wildman–Crippen LogP) is 3.64. The van der Waals surface area contributed by atoms with Crippen LogP contribution in [-0.2, 0) is 23.9 Å². The van der Waals surface area contributed by atoms with Crippen molar-refractivity contribution in [3.63, 3.8) is 0 Å². The number of benzene rings is 1. The van der Waals surface area contributed by atoms with Crippen molar-refractivity contribution in [3.05, 3.63) is 41.2 Å². The normalized spacial score (nSPS) is 15.0. The number of nitrogens with two attached hydrogens (primary N) is 1.